The third kappa shape index (κ3) is 7.55. The van der Waals surface area contributed by atoms with Crippen LogP contribution >= 0.6 is 0 Å². The third-order valence-corrected chi connectivity index (χ3v) is 7.37. The zero-order valence-corrected chi connectivity index (χ0v) is 23.8. The molecule has 11 nitrogen and oxygen atoms in total. The Bertz CT molecular complexity index is 1080. The molecule has 0 saturated carbocycles. The lowest BCUT2D eigenvalue weighted by Gasteiger charge is -2.48. The van der Waals surface area contributed by atoms with Crippen molar-refractivity contribution in [1.29, 1.82) is 0 Å². The molecule has 0 amide bonds. The van der Waals surface area contributed by atoms with Crippen LogP contribution in [-0.4, -0.2) is 76.3 Å². The van der Waals surface area contributed by atoms with Crippen molar-refractivity contribution in [2.75, 3.05) is 6.61 Å². The van der Waals surface area contributed by atoms with Crippen molar-refractivity contribution in [2.24, 2.45) is 11.3 Å². The van der Waals surface area contributed by atoms with E-state index in [1.54, 1.807) is 6.92 Å². The van der Waals surface area contributed by atoms with Crippen molar-refractivity contribution in [2.45, 2.75) is 98.8 Å². The zero-order chi connectivity index (χ0) is 29.8. The first kappa shape index (κ1) is 32.2. The summed E-state index contributed by atoms with van der Waals surface area (Å²) in [5.74, 6) is -3.52. The number of aliphatic hydroxyl groups excluding tert-OH is 3. The standard InChI is InChI=1S/C28H40O11/c1-13-21(34)10-20-24(37-16(4)31)9-19(12-29)22(35)11-23(36-15(3)30)14(2)26(38-17(5)32)27(39-18(6)33)25(13)28(20,7)8/h9,20-24,27,29,34-35H,10-12H2,1-8H3. The molecule has 39 heavy (non-hydrogen) atoms. The molecule has 6 atom stereocenters. The predicted octanol–water partition coefficient (Wildman–Crippen LogP) is 2.03. The topological polar surface area (TPSA) is 166 Å². The van der Waals surface area contributed by atoms with E-state index in [9.17, 15) is 34.5 Å². The van der Waals surface area contributed by atoms with Crippen molar-refractivity contribution in [3.8, 4) is 0 Å². The highest BCUT2D eigenvalue weighted by atomic mass is 16.6. The second-order valence-corrected chi connectivity index (χ2v) is 10.6. The number of aliphatic hydroxyl groups is 3. The average molecular weight is 553 g/mol. The number of hydrogen-bond donors (Lipinski definition) is 3. The molecule has 2 aliphatic rings. The summed E-state index contributed by atoms with van der Waals surface area (Å²) >= 11 is 0. The monoisotopic (exact) mass is 552 g/mol. The van der Waals surface area contributed by atoms with E-state index in [4.69, 9.17) is 18.9 Å². The number of carbonyl (C=O) groups is 4. The van der Waals surface area contributed by atoms with Crippen LogP contribution in [0.1, 0.15) is 68.2 Å². The van der Waals surface area contributed by atoms with Crippen LogP contribution in [0.4, 0.5) is 0 Å². The molecular formula is C28H40O11. The van der Waals surface area contributed by atoms with Gasteiger partial charge in [0.15, 0.2) is 11.9 Å². The van der Waals surface area contributed by atoms with Crippen LogP contribution in [0.25, 0.3) is 0 Å². The molecule has 11 heteroatoms. The van der Waals surface area contributed by atoms with E-state index < -0.39 is 72.3 Å². The second-order valence-electron chi connectivity index (χ2n) is 10.6. The molecule has 0 aromatic carbocycles. The third-order valence-electron chi connectivity index (χ3n) is 7.37. The molecule has 2 bridgehead atoms. The fourth-order valence-electron chi connectivity index (χ4n) is 5.52. The highest BCUT2D eigenvalue weighted by Crippen LogP contribution is 2.51. The molecule has 2 aliphatic carbocycles. The first-order chi connectivity index (χ1) is 18.0. The summed E-state index contributed by atoms with van der Waals surface area (Å²) < 4.78 is 22.5. The largest absolute Gasteiger partial charge is 0.458 e. The molecule has 0 heterocycles. The fourth-order valence-corrected chi connectivity index (χ4v) is 5.52. The zero-order valence-electron chi connectivity index (χ0n) is 23.8. The van der Waals surface area contributed by atoms with E-state index >= 15 is 0 Å². The summed E-state index contributed by atoms with van der Waals surface area (Å²) in [6, 6.07) is 0. The average Bonchev–Trinajstić information content (AvgIpc) is 2.79. The Morgan fingerprint density at radius 2 is 1.41 bits per heavy atom. The summed E-state index contributed by atoms with van der Waals surface area (Å²) in [7, 11) is 0. The van der Waals surface area contributed by atoms with Crippen LogP contribution in [0.2, 0.25) is 0 Å². The van der Waals surface area contributed by atoms with E-state index in [-0.39, 0.29) is 29.7 Å². The van der Waals surface area contributed by atoms with Crippen LogP contribution in [0.3, 0.4) is 0 Å². The first-order valence-electron chi connectivity index (χ1n) is 12.8. The van der Waals surface area contributed by atoms with Gasteiger partial charge < -0.3 is 34.3 Å². The molecule has 218 valence electrons. The maximum atomic E-state index is 12.4. The number of esters is 4. The van der Waals surface area contributed by atoms with Gasteiger partial charge in [-0.2, -0.15) is 0 Å². The summed E-state index contributed by atoms with van der Waals surface area (Å²) in [5, 5.41) is 32.4. The molecule has 0 aliphatic heterocycles. The van der Waals surface area contributed by atoms with E-state index in [0.29, 0.717) is 11.1 Å². The van der Waals surface area contributed by atoms with Crippen molar-refractivity contribution in [3.05, 3.63) is 34.1 Å². The molecule has 0 radical (unpaired) electrons. The molecule has 0 aromatic heterocycles. The fraction of sp³-hybridized carbons (Fsp3) is 0.643. The second kappa shape index (κ2) is 12.9. The van der Waals surface area contributed by atoms with Crippen LogP contribution in [-0.2, 0) is 38.1 Å². The number of fused-ring (bicyclic) bond motifs is 2. The van der Waals surface area contributed by atoms with Gasteiger partial charge in [0, 0.05) is 45.6 Å². The minimum absolute atomic E-state index is 0.107. The van der Waals surface area contributed by atoms with Crippen molar-refractivity contribution < 1.29 is 53.4 Å². The Morgan fingerprint density at radius 1 is 0.846 bits per heavy atom. The van der Waals surface area contributed by atoms with Crippen LogP contribution in [0.5, 0.6) is 0 Å². The molecule has 6 unspecified atom stereocenters. The Morgan fingerprint density at radius 3 is 1.90 bits per heavy atom. The smallest absolute Gasteiger partial charge is 0.307 e. The Labute approximate surface area is 228 Å². The Kier molecular flexibility index (Phi) is 10.6. The van der Waals surface area contributed by atoms with Crippen LogP contribution in [0, 0.1) is 11.3 Å². The molecule has 2 rings (SSSR count). The summed E-state index contributed by atoms with van der Waals surface area (Å²) in [4.78, 5) is 48.9. The van der Waals surface area contributed by atoms with Gasteiger partial charge >= 0.3 is 23.9 Å². The Balaban J connectivity index is 3.05. The van der Waals surface area contributed by atoms with Crippen molar-refractivity contribution >= 4 is 23.9 Å². The van der Waals surface area contributed by atoms with E-state index in [0.717, 1.165) is 6.92 Å². The van der Waals surface area contributed by atoms with Gasteiger partial charge in [0.05, 0.1) is 18.8 Å². The molecule has 3 N–H and O–H groups in total. The first-order valence-corrected chi connectivity index (χ1v) is 12.8. The normalized spacial score (nSPS) is 29.4. The van der Waals surface area contributed by atoms with Crippen LogP contribution in [0.15, 0.2) is 34.1 Å². The van der Waals surface area contributed by atoms with Gasteiger partial charge in [-0.1, -0.05) is 13.8 Å². The minimum Gasteiger partial charge on any atom is -0.458 e. The van der Waals surface area contributed by atoms with Gasteiger partial charge in [-0.3, -0.25) is 19.2 Å². The SMILES string of the molecule is CC(=O)OC1=C(C)C(OC(C)=O)CC(O)C(CO)=CC(OC(C)=O)C2CC(O)C(C)=C(C1OC(C)=O)C2(C)C. The number of hydrogen-bond acceptors (Lipinski definition) is 11. The Hall–Kier alpha value is -3.02. The lowest BCUT2D eigenvalue weighted by Crippen LogP contribution is -2.48. The highest BCUT2D eigenvalue weighted by Gasteiger charge is 2.50. The lowest BCUT2D eigenvalue weighted by atomic mass is 9.60. The maximum Gasteiger partial charge on any atom is 0.307 e. The quantitative estimate of drug-likeness (QED) is 0.259. The molecular weight excluding hydrogens is 512 g/mol. The van der Waals surface area contributed by atoms with Crippen LogP contribution < -0.4 is 0 Å². The van der Waals surface area contributed by atoms with Crippen molar-refractivity contribution in [3.63, 3.8) is 0 Å². The maximum absolute atomic E-state index is 12.4. The number of carbonyl (C=O) groups excluding carboxylic acids is 4. The number of rotatable bonds is 5. The molecule has 0 saturated heterocycles. The number of ether oxygens (including phenoxy) is 4. The van der Waals surface area contributed by atoms with E-state index in [1.807, 2.05) is 13.8 Å². The predicted molar refractivity (Wildman–Crippen MR) is 138 cm³/mol. The summed E-state index contributed by atoms with van der Waals surface area (Å²) in [6.45, 7) is 10.9. The minimum atomic E-state index is -1.37. The summed E-state index contributed by atoms with van der Waals surface area (Å²) in [5.41, 5.74) is 0.209. The van der Waals surface area contributed by atoms with E-state index in [2.05, 4.69) is 0 Å². The lowest BCUT2D eigenvalue weighted by molar-refractivity contribution is -0.153. The molecule has 0 fully saturated rings. The van der Waals surface area contributed by atoms with E-state index in [1.165, 1.54) is 33.8 Å². The van der Waals surface area contributed by atoms with Gasteiger partial charge in [-0.05, 0) is 48.5 Å². The molecule has 0 aromatic rings. The van der Waals surface area contributed by atoms with Crippen molar-refractivity contribution in [1.82, 2.24) is 0 Å². The van der Waals surface area contributed by atoms with Gasteiger partial charge in [0.1, 0.15) is 12.2 Å². The van der Waals surface area contributed by atoms with Gasteiger partial charge in [-0.25, -0.2) is 0 Å². The summed E-state index contributed by atoms with van der Waals surface area (Å²) in [6.07, 6.45) is -4.60. The van der Waals surface area contributed by atoms with Gasteiger partial charge in [0.2, 0.25) is 0 Å². The molecule has 0 spiro atoms. The van der Waals surface area contributed by atoms with Gasteiger partial charge in [0.25, 0.3) is 0 Å². The highest BCUT2D eigenvalue weighted by molar-refractivity contribution is 5.70. The van der Waals surface area contributed by atoms with Gasteiger partial charge in [-0.15, -0.1) is 0 Å².